The first-order valence-electron chi connectivity index (χ1n) is 9.96. The van der Waals surface area contributed by atoms with Crippen molar-refractivity contribution in [3.05, 3.63) is 46.1 Å². The molecule has 1 atom stereocenters. The van der Waals surface area contributed by atoms with E-state index < -0.39 is 33.8 Å². The van der Waals surface area contributed by atoms with Crippen LogP contribution in [0.4, 0.5) is 15.1 Å². The number of aryl methyl sites for hydroxylation is 1. The summed E-state index contributed by atoms with van der Waals surface area (Å²) in [5, 5.41) is 3.14. The lowest BCUT2D eigenvalue weighted by molar-refractivity contribution is -0.117. The highest BCUT2D eigenvalue weighted by Crippen LogP contribution is 2.39. The van der Waals surface area contributed by atoms with Gasteiger partial charge in [-0.25, -0.2) is 17.6 Å². The third kappa shape index (κ3) is 4.90. The second-order valence-corrected chi connectivity index (χ2v) is 10.3. The molecule has 7 nitrogen and oxygen atoms in total. The summed E-state index contributed by atoms with van der Waals surface area (Å²) in [6.45, 7) is 1.69. The van der Waals surface area contributed by atoms with Crippen LogP contribution in [0, 0.1) is 5.82 Å². The second kappa shape index (κ2) is 9.35. The number of esters is 1. The van der Waals surface area contributed by atoms with E-state index in [2.05, 4.69) is 5.32 Å². The number of hydrogen-bond acceptors (Lipinski definition) is 6. The summed E-state index contributed by atoms with van der Waals surface area (Å²) in [6, 6.07) is 3.83. The molecule has 1 aliphatic carbocycles. The summed E-state index contributed by atoms with van der Waals surface area (Å²) in [5.41, 5.74) is 1.42. The number of hydrogen-bond donors (Lipinski definition) is 1. The topological polar surface area (TPSA) is 92.8 Å². The summed E-state index contributed by atoms with van der Waals surface area (Å²) in [7, 11) is -2.56. The Hall–Kier alpha value is -2.46. The van der Waals surface area contributed by atoms with E-state index in [9.17, 15) is 22.4 Å². The average molecular weight is 469 g/mol. The highest BCUT2D eigenvalue weighted by Gasteiger charge is 2.34. The van der Waals surface area contributed by atoms with Gasteiger partial charge in [-0.2, -0.15) is 0 Å². The van der Waals surface area contributed by atoms with Gasteiger partial charge < -0.3 is 10.1 Å². The monoisotopic (exact) mass is 468 g/mol. The van der Waals surface area contributed by atoms with Crippen LogP contribution in [0.5, 0.6) is 0 Å². The van der Waals surface area contributed by atoms with Gasteiger partial charge in [-0.3, -0.25) is 9.10 Å². The van der Waals surface area contributed by atoms with Gasteiger partial charge in [0.05, 0.1) is 24.6 Å². The van der Waals surface area contributed by atoms with Crippen LogP contribution in [0.2, 0.25) is 0 Å². The molecule has 1 aromatic heterocycles. The number of nitrogens with zero attached hydrogens (tertiary/aromatic N) is 1. The maximum Gasteiger partial charge on any atom is 0.341 e. The van der Waals surface area contributed by atoms with Gasteiger partial charge in [0.15, 0.2) is 0 Å². The van der Waals surface area contributed by atoms with E-state index in [1.165, 1.54) is 30.6 Å². The van der Waals surface area contributed by atoms with Crippen LogP contribution >= 0.6 is 11.3 Å². The van der Waals surface area contributed by atoms with Crippen molar-refractivity contribution in [1.29, 1.82) is 0 Å². The van der Waals surface area contributed by atoms with Crippen molar-refractivity contribution in [2.45, 2.75) is 45.1 Å². The molecule has 0 radical (unpaired) electrons. The van der Waals surface area contributed by atoms with Gasteiger partial charge in [0.25, 0.3) is 0 Å². The third-order valence-electron chi connectivity index (χ3n) is 5.21. The fourth-order valence-electron chi connectivity index (χ4n) is 3.82. The summed E-state index contributed by atoms with van der Waals surface area (Å²) in [6.07, 6.45) is 4.68. The molecular formula is C21H25FN2O5S2. The molecule has 3 rings (SSSR count). The average Bonchev–Trinajstić information content (AvgIpc) is 3.09. The van der Waals surface area contributed by atoms with Crippen molar-refractivity contribution < 1.29 is 27.1 Å². The largest absolute Gasteiger partial charge is 0.465 e. The standard InChI is InChI=1S/C21H25FN2O5S2/c1-4-16(24(31(3,27)28)14-11-9-13(22)10-12-14)19(25)23-20-18(21(26)29-2)15-7-5-6-8-17(15)30-20/h9-12,16H,4-8H2,1-3H3,(H,23,25)/t16-/m0/s1. The van der Waals surface area contributed by atoms with E-state index in [0.717, 1.165) is 58.8 Å². The lowest BCUT2D eigenvalue weighted by Crippen LogP contribution is -2.47. The molecule has 0 fully saturated rings. The first-order valence-corrected chi connectivity index (χ1v) is 12.6. The Morgan fingerprint density at radius 3 is 2.45 bits per heavy atom. The van der Waals surface area contributed by atoms with Crippen molar-refractivity contribution in [1.82, 2.24) is 0 Å². The van der Waals surface area contributed by atoms with E-state index in [1.807, 2.05) is 0 Å². The number of carbonyl (C=O) groups excluding carboxylic acids is 2. The molecule has 1 heterocycles. The predicted molar refractivity (Wildman–Crippen MR) is 119 cm³/mol. The fourth-order valence-corrected chi connectivity index (χ4v) is 6.31. The van der Waals surface area contributed by atoms with Crippen LogP contribution in [0.25, 0.3) is 0 Å². The maximum atomic E-state index is 13.4. The molecule has 1 aliphatic rings. The van der Waals surface area contributed by atoms with Crippen LogP contribution in [-0.2, 0) is 32.4 Å². The maximum absolute atomic E-state index is 13.4. The SMILES string of the molecule is CC[C@@H](C(=O)Nc1sc2c(c1C(=O)OC)CCCC2)N(c1ccc(F)cc1)S(C)(=O)=O. The van der Waals surface area contributed by atoms with Crippen molar-refractivity contribution in [2.75, 3.05) is 23.0 Å². The molecule has 10 heteroatoms. The molecule has 31 heavy (non-hydrogen) atoms. The number of fused-ring (bicyclic) bond motifs is 1. The van der Waals surface area contributed by atoms with Gasteiger partial charge in [0.1, 0.15) is 16.9 Å². The van der Waals surface area contributed by atoms with E-state index in [-0.39, 0.29) is 12.1 Å². The molecule has 0 unspecified atom stereocenters. The molecule has 1 N–H and O–H groups in total. The first-order chi connectivity index (χ1) is 14.7. The molecule has 168 valence electrons. The number of halogens is 1. The van der Waals surface area contributed by atoms with Crippen molar-refractivity contribution in [3.8, 4) is 0 Å². The Morgan fingerprint density at radius 1 is 1.23 bits per heavy atom. The Morgan fingerprint density at radius 2 is 1.87 bits per heavy atom. The zero-order chi connectivity index (χ0) is 22.8. The zero-order valence-corrected chi connectivity index (χ0v) is 19.2. The fraction of sp³-hybridized carbons (Fsp3) is 0.429. The molecule has 0 spiro atoms. The molecule has 2 aromatic rings. The number of ether oxygens (including phenoxy) is 1. The van der Waals surface area contributed by atoms with Crippen molar-refractivity contribution >= 4 is 43.9 Å². The number of benzene rings is 1. The minimum atomic E-state index is -3.85. The molecule has 1 amide bonds. The number of amides is 1. The normalized spacial score (nSPS) is 14.5. The van der Waals surface area contributed by atoms with Gasteiger partial charge >= 0.3 is 5.97 Å². The minimum absolute atomic E-state index is 0.176. The van der Waals surface area contributed by atoms with Gasteiger partial charge in [-0.05, 0) is 61.9 Å². The van der Waals surface area contributed by atoms with E-state index in [0.29, 0.717) is 10.6 Å². The van der Waals surface area contributed by atoms with Gasteiger partial charge in [0, 0.05) is 4.88 Å². The number of sulfonamides is 1. The summed E-state index contributed by atoms with van der Waals surface area (Å²) < 4.78 is 44.3. The highest BCUT2D eigenvalue weighted by atomic mass is 32.2. The third-order valence-corrected chi connectivity index (χ3v) is 7.60. The second-order valence-electron chi connectivity index (χ2n) is 7.36. The summed E-state index contributed by atoms with van der Waals surface area (Å²) in [4.78, 5) is 26.7. The number of carbonyl (C=O) groups is 2. The van der Waals surface area contributed by atoms with Gasteiger partial charge in [-0.15, -0.1) is 11.3 Å². The van der Waals surface area contributed by atoms with Crippen LogP contribution < -0.4 is 9.62 Å². The van der Waals surface area contributed by atoms with Crippen LogP contribution in [-0.4, -0.2) is 39.7 Å². The smallest absolute Gasteiger partial charge is 0.341 e. The molecular weight excluding hydrogens is 443 g/mol. The number of anilines is 2. The Kier molecular flexibility index (Phi) is 7.00. The summed E-state index contributed by atoms with van der Waals surface area (Å²) in [5.74, 6) is -1.61. The van der Waals surface area contributed by atoms with Crippen LogP contribution in [0.1, 0.15) is 47.0 Å². The van der Waals surface area contributed by atoms with E-state index in [1.54, 1.807) is 6.92 Å². The molecule has 1 aromatic carbocycles. The van der Waals surface area contributed by atoms with Crippen molar-refractivity contribution in [3.63, 3.8) is 0 Å². The van der Waals surface area contributed by atoms with E-state index >= 15 is 0 Å². The zero-order valence-electron chi connectivity index (χ0n) is 17.6. The quantitative estimate of drug-likeness (QED) is 0.625. The summed E-state index contributed by atoms with van der Waals surface area (Å²) >= 11 is 1.33. The Balaban J connectivity index is 1.98. The van der Waals surface area contributed by atoms with Gasteiger partial charge in [0.2, 0.25) is 15.9 Å². The highest BCUT2D eigenvalue weighted by molar-refractivity contribution is 7.92. The predicted octanol–water partition coefficient (Wildman–Crippen LogP) is 3.74. The lowest BCUT2D eigenvalue weighted by Gasteiger charge is -2.30. The first kappa shape index (κ1) is 23.2. The van der Waals surface area contributed by atoms with Crippen molar-refractivity contribution in [2.24, 2.45) is 0 Å². The number of nitrogens with one attached hydrogen (secondary N) is 1. The Bertz CT molecular complexity index is 1080. The Labute approximate surface area is 185 Å². The molecule has 0 bridgehead atoms. The minimum Gasteiger partial charge on any atom is -0.465 e. The molecule has 0 aliphatic heterocycles. The number of thiophene rings is 1. The van der Waals surface area contributed by atoms with Crippen LogP contribution in [0.15, 0.2) is 24.3 Å². The van der Waals surface area contributed by atoms with Crippen LogP contribution in [0.3, 0.4) is 0 Å². The number of methoxy groups -OCH3 is 1. The number of rotatable bonds is 7. The molecule has 0 saturated heterocycles. The van der Waals surface area contributed by atoms with Gasteiger partial charge in [-0.1, -0.05) is 6.92 Å². The molecule has 0 saturated carbocycles. The van der Waals surface area contributed by atoms with E-state index in [4.69, 9.17) is 4.74 Å². The lowest BCUT2D eigenvalue weighted by atomic mass is 9.95.